The van der Waals surface area contributed by atoms with Crippen LogP contribution in [-0.2, 0) is 4.74 Å². The van der Waals surface area contributed by atoms with Gasteiger partial charge in [-0.05, 0) is 42.5 Å². The number of ether oxygens (including phenoxy) is 1. The summed E-state index contributed by atoms with van der Waals surface area (Å²) in [5.74, 6) is -1.22. The van der Waals surface area contributed by atoms with Crippen molar-refractivity contribution in [3.8, 4) is 0 Å². The van der Waals surface area contributed by atoms with E-state index in [9.17, 15) is 14.4 Å². The molecule has 134 valence electrons. The molecule has 26 heavy (non-hydrogen) atoms. The Balaban J connectivity index is 2.14. The predicted octanol–water partition coefficient (Wildman–Crippen LogP) is 3.29. The third-order valence-electron chi connectivity index (χ3n) is 3.45. The van der Waals surface area contributed by atoms with Gasteiger partial charge in [0.2, 0.25) is 0 Å². The van der Waals surface area contributed by atoms with Crippen molar-refractivity contribution in [2.24, 2.45) is 0 Å². The summed E-state index contributed by atoms with van der Waals surface area (Å²) in [5.41, 5.74) is 1.31. The molecule has 0 heterocycles. The maximum atomic E-state index is 12.4. The van der Waals surface area contributed by atoms with Gasteiger partial charge in [-0.15, -0.1) is 6.58 Å². The first-order valence-electron chi connectivity index (χ1n) is 7.64. The van der Waals surface area contributed by atoms with Crippen LogP contribution in [0.1, 0.15) is 31.1 Å². The Morgan fingerprint density at radius 2 is 1.62 bits per heavy atom. The van der Waals surface area contributed by atoms with Crippen molar-refractivity contribution in [1.82, 2.24) is 5.32 Å². The maximum Gasteiger partial charge on any atom is 0.337 e. The number of halogens is 1. The number of carbonyl (C=O) groups excluding carboxylic acids is 3. The van der Waals surface area contributed by atoms with E-state index in [-0.39, 0.29) is 22.2 Å². The fourth-order valence-electron chi connectivity index (χ4n) is 2.10. The summed E-state index contributed by atoms with van der Waals surface area (Å²) < 4.78 is 4.65. The van der Waals surface area contributed by atoms with E-state index in [4.69, 9.17) is 11.6 Å². The van der Waals surface area contributed by atoms with E-state index in [2.05, 4.69) is 21.9 Å². The number of methoxy groups -OCH3 is 1. The molecule has 6 nitrogen and oxygen atoms in total. The number of amides is 2. The van der Waals surface area contributed by atoms with Crippen LogP contribution in [0.15, 0.2) is 55.1 Å². The van der Waals surface area contributed by atoms with Crippen molar-refractivity contribution in [1.29, 1.82) is 0 Å². The number of rotatable bonds is 6. The van der Waals surface area contributed by atoms with Gasteiger partial charge >= 0.3 is 5.97 Å². The quantitative estimate of drug-likeness (QED) is 0.602. The fourth-order valence-corrected chi connectivity index (χ4v) is 2.27. The van der Waals surface area contributed by atoms with E-state index in [1.165, 1.54) is 37.4 Å². The minimum atomic E-state index is -0.535. The van der Waals surface area contributed by atoms with Crippen molar-refractivity contribution >= 4 is 35.1 Å². The number of esters is 1. The summed E-state index contributed by atoms with van der Waals surface area (Å²) in [7, 11) is 1.27. The molecule has 7 heteroatoms. The van der Waals surface area contributed by atoms with E-state index in [1.54, 1.807) is 18.2 Å². The number of hydrogen-bond donors (Lipinski definition) is 2. The van der Waals surface area contributed by atoms with E-state index < -0.39 is 11.9 Å². The topological polar surface area (TPSA) is 84.5 Å². The monoisotopic (exact) mass is 372 g/mol. The second kappa shape index (κ2) is 8.82. The van der Waals surface area contributed by atoms with Crippen LogP contribution in [0, 0.1) is 0 Å². The predicted molar refractivity (Wildman–Crippen MR) is 99.7 cm³/mol. The summed E-state index contributed by atoms with van der Waals surface area (Å²) in [6, 6.07) is 10.6. The molecule has 0 bridgehead atoms. The van der Waals surface area contributed by atoms with Crippen LogP contribution in [0.5, 0.6) is 0 Å². The van der Waals surface area contributed by atoms with Gasteiger partial charge in [0.05, 0.1) is 23.4 Å². The van der Waals surface area contributed by atoms with Gasteiger partial charge in [0.25, 0.3) is 11.8 Å². The minimum absolute atomic E-state index is 0.259. The summed E-state index contributed by atoms with van der Waals surface area (Å²) >= 11 is 6.06. The zero-order chi connectivity index (χ0) is 19.1. The molecule has 0 aromatic heterocycles. The van der Waals surface area contributed by atoms with Crippen LogP contribution in [-0.4, -0.2) is 31.4 Å². The molecule has 0 saturated carbocycles. The summed E-state index contributed by atoms with van der Waals surface area (Å²) in [6.07, 6.45) is 1.58. The molecular weight excluding hydrogens is 356 g/mol. The maximum absolute atomic E-state index is 12.4. The highest BCUT2D eigenvalue weighted by Gasteiger charge is 2.13. The van der Waals surface area contributed by atoms with Crippen LogP contribution in [0.2, 0.25) is 5.02 Å². The van der Waals surface area contributed by atoms with Gasteiger partial charge in [-0.1, -0.05) is 17.7 Å². The lowest BCUT2D eigenvalue weighted by atomic mass is 10.1. The summed E-state index contributed by atoms with van der Waals surface area (Å²) in [4.78, 5) is 35.8. The molecule has 2 amide bonds. The first kappa shape index (κ1) is 19.2. The first-order valence-corrected chi connectivity index (χ1v) is 8.02. The molecule has 0 atom stereocenters. The molecule has 0 aliphatic carbocycles. The number of anilines is 1. The molecule has 0 fully saturated rings. The molecule has 0 spiro atoms. The van der Waals surface area contributed by atoms with Crippen LogP contribution in [0.25, 0.3) is 0 Å². The van der Waals surface area contributed by atoms with Crippen LogP contribution in [0.4, 0.5) is 5.69 Å². The average molecular weight is 373 g/mol. The van der Waals surface area contributed by atoms with Crippen molar-refractivity contribution in [3.63, 3.8) is 0 Å². The highest BCUT2D eigenvalue weighted by Crippen LogP contribution is 2.24. The highest BCUT2D eigenvalue weighted by atomic mass is 35.5. The van der Waals surface area contributed by atoms with Crippen LogP contribution >= 0.6 is 11.6 Å². The Morgan fingerprint density at radius 3 is 2.19 bits per heavy atom. The van der Waals surface area contributed by atoms with E-state index >= 15 is 0 Å². The molecule has 0 aliphatic rings. The van der Waals surface area contributed by atoms with Gasteiger partial charge < -0.3 is 15.4 Å². The van der Waals surface area contributed by atoms with Gasteiger partial charge in [-0.3, -0.25) is 9.59 Å². The molecule has 2 aromatic rings. The highest BCUT2D eigenvalue weighted by molar-refractivity contribution is 6.34. The zero-order valence-electron chi connectivity index (χ0n) is 14.0. The van der Waals surface area contributed by atoms with E-state index in [0.717, 1.165) is 0 Å². The minimum Gasteiger partial charge on any atom is -0.465 e. The SMILES string of the molecule is C=CCNC(=O)c1ccc(C(=O)Nc2cc(C(=O)OC)ccc2Cl)cc1. The molecule has 2 rings (SSSR count). The lowest BCUT2D eigenvalue weighted by molar-refractivity contribution is 0.0600. The second-order valence-corrected chi connectivity index (χ2v) is 5.62. The lowest BCUT2D eigenvalue weighted by Crippen LogP contribution is -2.23. The largest absolute Gasteiger partial charge is 0.465 e. The third kappa shape index (κ3) is 4.70. The van der Waals surface area contributed by atoms with Crippen LogP contribution in [0.3, 0.4) is 0 Å². The van der Waals surface area contributed by atoms with Crippen molar-refractivity contribution in [2.75, 3.05) is 19.0 Å². The Morgan fingerprint density at radius 1 is 1.04 bits per heavy atom. The Bertz CT molecular complexity index is 847. The van der Waals surface area contributed by atoms with Gasteiger partial charge in [-0.25, -0.2) is 4.79 Å². The average Bonchev–Trinajstić information content (AvgIpc) is 2.67. The van der Waals surface area contributed by atoms with E-state index in [0.29, 0.717) is 17.7 Å². The van der Waals surface area contributed by atoms with Gasteiger partial charge in [0, 0.05) is 17.7 Å². The lowest BCUT2D eigenvalue weighted by Gasteiger charge is -2.09. The van der Waals surface area contributed by atoms with Gasteiger partial charge in [0.15, 0.2) is 0 Å². The van der Waals surface area contributed by atoms with Crippen molar-refractivity contribution < 1.29 is 19.1 Å². The fraction of sp³-hybridized carbons (Fsp3) is 0.105. The van der Waals surface area contributed by atoms with Crippen LogP contribution < -0.4 is 10.6 Å². The summed E-state index contributed by atoms with van der Waals surface area (Å²) in [6.45, 7) is 3.88. The standard InChI is InChI=1S/C19H17ClN2O4/c1-3-10-21-17(23)12-4-6-13(7-5-12)18(24)22-16-11-14(19(25)26-2)8-9-15(16)20/h3-9,11H,1,10H2,2H3,(H,21,23)(H,22,24). The molecular formula is C19H17ClN2O4. The molecule has 2 aromatic carbocycles. The van der Waals surface area contributed by atoms with Crippen molar-refractivity contribution in [3.05, 3.63) is 76.8 Å². The van der Waals surface area contributed by atoms with Crippen molar-refractivity contribution in [2.45, 2.75) is 0 Å². The normalized spacial score (nSPS) is 9.92. The second-order valence-electron chi connectivity index (χ2n) is 5.22. The van der Waals surface area contributed by atoms with Gasteiger partial charge in [0.1, 0.15) is 0 Å². The number of nitrogens with one attached hydrogen (secondary N) is 2. The molecule has 0 unspecified atom stereocenters. The number of hydrogen-bond acceptors (Lipinski definition) is 4. The molecule has 0 aliphatic heterocycles. The Hall–Kier alpha value is -3.12. The first-order chi connectivity index (χ1) is 12.5. The number of carbonyl (C=O) groups is 3. The van der Waals surface area contributed by atoms with E-state index in [1.807, 2.05) is 0 Å². The molecule has 2 N–H and O–H groups in total. The molecule has 0 saturated heterocycles. The smallest absolute Gasteiger partial charge is 0.337 e. The Labute approximate surface area is 155 Å². The third-order valence-corrected chi connectivity index (χ3v) is 3.78. The van der Waals surface area contributed by atoms with Gasteiger partial charge in [-0.2, -0.15) is 0 Å². The summed E-state index contributed by atoms with van der Waals surface area (Å²) in [5, 5.41) is 5.57. The Kier molecular flexibility index (Phi) is 6.52. The number of benzene rings is 2. The molecule has 0 radical (unpaired) electrons. The zero-order valence-corrected chi connectivity index (χ0v) is 14.8.